The third-order valence-electron chi connectivity index (χ3n) is 1.93. The van der Waals surface area contributed by atoms with E-state index in [0.717, 1.165) is 18.4 Å². The molecule has 1 unspecified atom stereocenters. The number of rotatable bonds is 6. The van der Waals surface area contributed by atoms with Crippen LogP contribution in [0.15, 0.2) is 24.3 Å². The largest absolute Gasteiger partial charge is 0.449 e. The van der Waals surface area contributed by atoms with E-state index in [9.17, 15) is 4.79 Å². The van der Waals surface area contributed by atoms with Crippen molar-refractivity contribution < 1.29 is 9.53 Å². The second-order valence-electron chi connectivity index (χ2n) is 3.37. The standard InChI is InChI=1S/C11H17ClO2/c1-4-9(2)6-5-7-10(3)8-14-11(12)13/h4,7,9H,1,5-6,8H2,2-3H3. The highest BCUT2D eigenvalue weighted by Crippen LogP contribution is 2.08. The molecule has 0 aliphatic rings. The summed E-state index contributed by atoms with van der Waals surface area (Å²) in [5, 5.41) is 0. The molecule has 1 atom stereocenters. The van der Waals surface area contributed by atoms with Gasteiger partial charge in [0.05, 0.1) is 0 Å². The van der Waals surface area contributed by atoms with Crippen molar-refractivity contribution in [1.82, 2.24) is 0 Å². The lowest BCUT2D eigenvalue weighted by atomic mass is 10.1. The second-order valence-corrected chi connectivity index (χ2v) is 3.68. The Labute approximate surface area is 90.6 Å². The van der Waals surface area contributed by atoms with Gasteiger partial charge in [0.15, 0.2) is 0 Å². The molecular formula is C11H17ClO2. The van der Waals surface area contributed by atoms with E-state index >= 15 is 0 Å². The summed E-state index contributed by atoms with van der Waals surface area (Å²) in [6.07, 6.45) is 6.02. The molecule has 0 fully saturated rings. The lowest BCUT2D eigenvalue weighted by Crippen LogP contribution is -1.97. The highest BCUT2D eigenvalue weighted by Gasteiger charge is 1.97. The van der Waals surface area contributed by atoms with Gasteiger partial charge in [-0.15, -0.1) is 6.58 Å². The first-order valence-corrected chi connectivity index (χ1v) is 5.04. The first kappa shape index (κ1) is 13.2. The van der Waals surface area contributed by atoms with E-state index in [0.29, 0.717) is 5.92 Å². The van der Waals surface area contributed by atoms with E-state index in [2.05, 4.69) is 24.3 Å². The van der Waals surface area contributed by atoms with Crippen LogP contribution in [-0.2, 0) is 4.74 Å². The smallest absolute Gasteiger partial charge is 0.404 e. The van der Waals surface area contributed by atoms with Crippen LogP contribution in [0.4, 0.5) is 4.79 Å². The number of ether oxygens (including phenoxy) is 1. The predicted molar refractivity (Wildman–Crippen MR) is 59.6 cm³/mol. The molecule has 0 aromatic rings. The zero-order chi connectivity index (χ0) is 11.0. The van der Waals surface area contributed by atoms with Gasteiger partial charge in [-0.05, 0) is 31.3 Å². The summed E-state index contributed by atoms with van der Waals surface area (Å²) in [7, 11) is 0. The van der Waals surface area contributed by atoms with Crippen LogP contribution >= 0.6 is 11.6 Å². The molecule has 0 aromatic heterocycles. The summed E-state index contributed by atoms with van der Waals surface area (Å²) in [4.78, 5) is 10.3. The first-order valence-electron chi connectivity index (χ1n) is 4.66. The van der Waals surface area contributed by atoms with Crippen molar-refractivity contribution >= 4 is 17.0 Å². The Hall–Kier alpha value is -0.760. The maximum atomic E-state index is 10.3. The fourth-order valence-electron chi connectivity index (χ4n) is 0.940. The van der Waals surface area contributed by atoms with E-state index < -0.39 is 5.43 Å². The minimum absolute atomic E-state index is 0.283. The van der Waals surface area contributed by atoms with Gasteiger partial charge in [0.2, 0.25) is 0 Å². The molecule has 0 N–H and O–H groups in total. The number of carbonyl (C=O) groups excluding carboxylic acids is 1. The molecular weight excluding hydrogens is 200 g/mol. The van der Waals surface area contributed by atoms with Gasteiger partial charge in [-0.2, -0.15) is 0 Å². The highest BCUT2D eigenvalue weighted by molar-refractivity contribution is 6.61. The van der Waals surface area contributed by atoms with E-state index in [1.807, 2.05) is 13.0 Å². The van der Waals surface area contributed by atoms with Crippen LogP contribution in [0.5, 0.6) is 0 Å². The lowest BCUT2D eigenvalue weighted by Gasteiger charge is -2.03. The van der Waals surface area contributed by atoms with Crippen molar-refractivity contribution in [3.8, 4) is 0 Å². The third kappa shape index (κ3) is 7.87. The number of halogens is 1. The van der Waals surface area contributed by atoms with Gasteiger partial charge in [0, 0.05) is 11.6 Å². The molecule has 0 radical (unpaired) electrons. The molecule has 3 heteroatoms. The molecule has 2 nitrogen and oxygen atoms in total. The summed E-state index contributed by atoms with van der Waals surface area (Å²) in [5.41, 5.74) is 0.271. The Kier molecular flexibility index (Phi) is 7.21. The van der Waals surface area contributed by atoms with E-state index in [4.69, 9.17) is 11.6 Å². The van der Waals surface area contributed by atoms with Crippen LogP contribution < -0.4 is 0 Å². The molecule has 0 aliphatic heterocycles. The van der Waals surface area contributed by atoms with Gasteiger partial charge in [-0.1, -0.05) is 19.1 Å². The average Bonchev–Trinajstić information content (AvgIpc) is 2.14. The molecule has 0 spiro atoms. The SMILES string of the molecule is C=CC(C)CCC=C(C)COC(=O)Cl. The van der Waals surface area contributed by atoms with Crippen molar-refractivity contribution in [2.45, 2.75) is 26.7 Å². The number of allylic oxidation sites excluding steroid dienone is 2. The maximum absolute atomic E-state index is 10.3. The van der Waals surface area contributed by atoms with Gasteiger partial charge in [0.1, 0.15) is 6.61 Å². The molecule has 0 aromatic carbocycles. The molecule has 0 rings (SSSR count). The Morgan fingerprint density at radius 1 is 1.64 bits per heavy atom. The molecule has 0 bridgehead atoms. The van der Waals surface area contributed by atoms with Gasteiger partial charge >= 0.3 is 5.43 Å². The van der Waals surface area contributed by atoms with Gasteiger partial charge in [-0.3, -0.25) is 0 Å². The van der Waals surface area contributed by atoms with Crippen molar-refractivity contribution in [1.29, 1.82) is 0 Å². The van der Waals surface area contributed by atoms with Crippen LogP contribution in [0.3, 0.4) is 0 Å². The molecule has 0 amide bonds. The highest BCUT2D eigenvalue weighted by atomic mass is 35.5. The van der Waals surface area contributed by atoms with Crippen molar-refractivity contribution in [3.63, 3.8) is 0 Å². The number of hydrogen-bond acceptors (Lipinski definition) is 2. The Bertz CT molecular complexity index is 221. The van der Waals surface area contributed by atoms with Gasteiger partial charge in [0.25, 0.3) is 0 Å². The van der Waals surface area contributed by atoms with Gasteiger partial charge < -0.3 is 4.74 Å². The normalized spacial score (nSPS) is 13.5. The second kappa shape index (κ2) is 7.63. The van der Waals surface area contributed by atoms with E-state index in [1.165, 1.54) is 0 Å². The lowest BCUT2D eigenvalue weighted by molar-refractivity contribution is 0.183. The average molecular weight is 217 g/mol. The maximum Gasteiger partial charge on any atom is 0.404 e. The van der Waals surface area contributed by atoms with E-state index in [1.54, 1.807) is 0 Å². The number of carbonyl (C=O) groups is 1. The quantitative estimate of drug-likeness (QED) is 0.497. The first-order chi connectivity index (χ1) is 6.56. The van der Waals surface area contributed by atoms with Gasteiger partial charge in [-0.25, -0.2) is 4.79 Å². The van der Waals surface area contributed by atoms with Crippen LogP contribution in [0.2, 0.25) is 0 Å². The molecule has 14 heavy (non-hydrogen) atoms. The van der Waals surface area contributed by atoms with E-state index in [-0.39, 0.29) is 6.61 Å². The fourth-order valence-corrected chi connectivity index (χ4v) is 0.995. The summed E-state index contributed by atoms with van der Waals surface area (Å²) in [6, 6.07) is 0. The molecule has 0 saturated carbocycles. The minimum Gasteiger partial charge on any atom is -0.449 e. The topological polar surface area (TPSA) is 26.3 Å². The van der Waals surface area contributed by atoms with Crippen molar-refractivity contribution in [3.05, 3.63) is 24.3 Å². The summed E-state index contributed by atoms with van der Waals surface area (Å²) >= 11 is 5.03. The van der Waals surface area contributed by atoms with Crippen LogP contribution in [0.1, 0.15) is 26.7 Å². The number of hydrogen-bond donors (Lipinski definition) is 0. The zero-order valence-corrected chi connectivity index (χ0v) is 9.51. The molecule has 0 heterocycles. The monoisotopic (exact) mass is 216 g/mol. The van der Waals surface area contributed by atoms with Crippen LogP contribution in [-0.4, -0.2) is 12.0 Å². The van der Waals surface area contributed by atoms with Crippen LogP contribution in [0, 0.1) is 5.92 Å². The Morgan fingerprint density at radius 3 is 2.79 bits per heavy atom. The summed E-state index contributed by atoms with van der Waals surface area (Å²) in [6.45, 7) is 8.03. The Balaban J connectivity index is 3.65. The Morgan fingerprint density at radius 2 is 2.29 bits per heavy atom. The molecule has 0 aliphatic carbocycles. The van der Waals surface area contributed by atoms with Crippen molar-refractivity contribution in [2.24, 2.45) is 5.92 Å². The molecule has 0 saturated heterocycles. The summed E-state index contributed by atoms with van der Waals surface area (Å²) < 4.78 is 4.63. The minimum atomic E-state index is -0.753. The van der Waals surface area contributed by atoms with Crippen molar-refractivity contribution in [2.75, 3.05) is 6.61 Å². The molecule has 80 valence electrons. The summed E-state index contributed by atoms with van der Waals surface area (Å²) in [5.74, 6) is 0.523. The predicted octanol–water partition coefficient (Wildman–Crippen LogP) is 3.91. The van der Waals surface area contributed by atoms with Crippen LogP contribution in [0.25, 0.3) is 0 Å². The third-order valence-corrected chi connectivity index (χ3v) is 2.04. The fraction of sp³-hybridized carbons (Fsp3) is 0.545. The zero-order valence-electron chi connectivity index (χ0n) is 8.75.